The van der Waals surface area contributed by atoms with Gasteiger partial charge in [-0.15, -0.1) is 0 Å². The molecule has 6 heteroatoms. The Balaban J connectivity index is 1.63. The molecule has 3 aromatic rings. The molecule has 2 heterocycles. The van der Waals surface area contributed by atoms with Crippen LogP contribution in [0.3, 0.4) is 0 Å². The van der Waals surface area contributed by atoms with Crippen molar-refractivity contribution < 1.29 is 14.3 Å². The van der Waals surface area contributed by atoms with E-state index in [9.17, 15) is 4.79 Å². The van der Waals surface area contributed by atoms with Gasteiger partial charge in [0.25, 0.3) is 0 Å². The molecule has 6 nitrogen and oxygen atoms in total. The second-order valence-corrected chi connectivity index (χ2v) is 6.64. The lowest BCUT2D eigenvalue weighted by molar-refractivity contribution is 0.132. The van der Waals surface area contributed by atoms with E-state index in [4.69, 9.17) is 14.7 Å². The third kappa shape index (κ3) is 4.09. The number of aromatic nitrogens is 1. The van der Waals surface area contributed by atoms with Crippen LogP contribution in [0.5, 0.6) is 5.75 Å². The summed E-state index contributed by atoms with van der Waals surface area (Å²) in [5, 5.41) is 11.9. The molecule has 0 unspecified atom stereocenters. The van der Waals surface area contributed by atoms with Crippen molar-refractivity contribution in [3.63, 3.8) is 0 Å². The van der Waals surface area contributed by atoms with Gasteiger partial charge in [-0.2, -0.15) is 5.26 Å². The standard InChI is InChI=1S/C24H17N3O3/c1-29-21-7-3-6-19(14-21)23-22(27-24(28)30-23)18-5-2-4-16(12-18)8-9-20-13-17(15-25)10-11-26-20/h2-7,10-14,22-23H,1H3,(H,27,28)/t22-,23-/m1/s1. The zero-order valence-corrected chi connectivity index (χ0v) is 16.1. The average molecular weight is 395 g/mol. The number of rotatable bonds is 3. The number of carbonyl (C=O) groups is 1. The number of nitrogens with one attached hydrogen (secondary N) is 1. The van der Waals surface area contributed by atoms with Gasteiger partial charge in [0.1, 0.15) is 11.4 Å². The van der Waals surface area contributed by atoms with Crippen LogP contribution in [0.2, 0.25) is 0 Å². The molecule has 146 valence electrons. The van der Waals surface area contributed by atoms with E-state index in [1.165, 1.54) is 0 Å². The maximum Gasteiger partial charge on any atom is 0.408 e. The largest absolute Gasteiger partial charge is 0.497 e. The Kier molecular flexibility index (Phi) is 5.32. The highest BCUT2D eigenvalue weighted by Crippen LogP contribution is 2.37. The van der Waals surface area contributed by atoms with Crippen molar-refractivity contribution >= 4 is 6.09 Å². The van der Waals surface area contributed by atoms with Crippen molar-refractivity contribution in [2.75, 3.05) is 7.11 Å². The molecule has 1 amide bonds. The Hall–Kier alpha value is -4.29. The molecule has 1 saturated heterocycles. The van der Waals surface area contributed by atoms with Crippen LogP contribution < -0.4 is 10.1 Å². The third-order valence-electron chi connectivity index (χ3n) is 4.70. The van der Waals surface area contributed by atoms with E-state index in [1.54, 1.807) is 25.4 Å². The number of methoxy groups -OCH3 is 1. The van der Waals surface area contributed by atoms with Crippen LogP contribution in [0.1, 0.15) is 40.1 Å². The summed E-state index contributed by atoms with van der Waals surface area (Å²) in [5.41, 5.74) is 3.51. The summed E-state index contributed by atoms with van der Waals surface area (Å²) in [6.45, 7) is 0. The summed E-state index contributed by atoms with van der Waals surface area (Å²) in [6, 6.07) is 20.0. The quantitative estimate of drug-likeness (QED) is 0.681. The summed E-state index contributed by atoms with van der Waals surface area (Å²) in [7, 11) is 1.60. The molecule has 2 aromatic carbocycles. The number of hydrogen-bond acceptors (Lipinski definition) is 5. The highest BCUT2D eigenvalue weighted by Gasteiger charge is 2.36. The Bertz CT molecular complexity index is 1200. The maximum absolute atomic E-state index is 12.0. The van der Waals surface area contributed by atoms with Gasteiger partial charge in [-0.3, -0.25) is 0 Å². The fraction of sp³-hybridized carbons (Fsp3) is 0.125. The lowest BCUT2D eigenvalue weighted by atomic mass is 9.95. The predicted molar refractivity (Wildman–Crippen MR) is 109 cm³/mol. The SMILES string of the molecule is COc1cccc([C@H]2OC(=O)N[C@@H]2c2cccc(C#Cc3cc(C#N)ccn3)c2)c1. The van der Waals surface area contributed by atoms with Gasteiger partial charge in [0.05, 0.1) is 24.8 Å². The number of amides is 1. The lowest BCUT2D eigenvalue weighted by Gasteiger charge is -2.18. The first kappa shape index (κ1) is 19.0. The van der Waals surface area contributed by atoms with E-state index in [2.05, 4.69) is 28.2 Å². The van der Waals surface area contributed by atoms with Crippen LogP contribution in [0.25, 0.3) is 0 Å². The zero-order chi connectivity index (χ0) is 20.9. The van der Waals surface area contributed by atoms with E-state index >= 15 is 0 Å². The molecule has 1 aliphatic heterocycles. The normalized spacial score (nSPS) is 17.1. The van der Waals surface area contributed by atoms with Crippen LogP contribution >= 0.6 is 0 Å². The number of pyridine rings is 1. The Morgan fingerprint density at radius 1 is 1.03 bits per heavy atom. The van der Waals surface area contributed by atoms with Gasteiger partial charge in [-0.25, -0.2) is 9.78 Å². The molecule has 0 radical (unpaired) electrons. The van der Waals surface area contributed by atoms with Crippen molar-refractivity contribution in [3.05, 3.63) is 94.8 Å². The Labute approximate surface area is 174 Å². The monoisotopic (exact) mass is 395 g/mol. The van der Waals surface area contributed by atoms with Crippen molar-refractivity contribution in [2.45, 2.75) is 12.1 Å². The number of nitrogens with zero attached hydrogens (tertiary/aromatic N) is 2. The fourth-order valence-electron chi connectivity index (χ4n) is 3.27. The average Bonchev–Trinajstić information content (AvgIpc) is 3.20. The zero-order valence-electron chi connectivity index (χ0n) is 16.1. The van der Waals surface area contributed by atoms with Gasteiger partial charge in [-0.1, -0.05) is 30.2 Å². The summed E-state index contributed by atoms with van der Waals surface area (Å²) < 4.78 is 10.8. The molecule has 1 N–H and O–H groups in total. The third-order valence-corrected chi connectivity index (χ3v) is 4.70. The number of alkyl carbamates (subject to hydrolysis) is 1. The molecule has 0 saturated carbocycles. The minimum Gasteiger partial charge on any atom is -0.497 e. The van der Waals surface area contributed by atoms with Crippen molar-refractivity contribution in [3.8, 4) is 23.7 Å². The van der Waals surface area contributed by atoms with Crippen LogP contribution in [0.4, 0.5) is 4.79 Å². The van der Waals surface area contributed by atoms with Crippen molar-refractivity contribution in [2.24, 2.45) is 0 Å². The number of nitriles is 1. The lowest BCUT2D eigenvalue weighted by Crippen LogP contribution is -2.19. The summed E-state index contributed by atoms with van der Waals surface area (Å²) in [5.74, 6) is 6.73. The Morgan fingerprint density at radius 2 is 1.87 bits per heavy atom. The second-order valence-electron chi connectivity index (χ2n) is 6.64. The topological polar surface area (TPSA) is 84.2 Å². The van der Waals surface area contributed by atoms with Crippen LogP contribution in [-0.4, -0.2) is 18.2 Å². The molecule has 2 atom stereocenters. The molecular weight excluding hydrogens is 378 g/mol. The van der Waals surface area contributed by atoms with Gasteiger partial charge >= 0.3 is 6.09 Å². The molecule has 0 spiro atoms. The number of cyclic esters (lactones) is 1. The first-order valence-corrected chi connectivity index (χ1v) is 9.25. The first-order chi connectivity index (χ1) is 14.7. The Morgan fingerprint density at radius 3 is 2.70 bits per heavy atom. The summed E-state index contributed by atoms with van der Waals surface area (Å²) in [4.78, 5) is 16.2. The predicted octanol–water partition coefficient (Wildman–Crippen LogP) is 3.88. The second kappa shape index (κ2) is 8.38. The van der Waals surface area contributed by atoms with Crippen molar-refractivity contribution in [1.29, 1.82) is 5.26 Å². The van der Waals surface area contributed by atoms with Crippen molar-refractivity contribution in [1.82, 2.24) is 10.3 Å². The molecular formula is C24H17N3O3. The van der Waals surface area contributed by atoms with E-state index in [0.29, 0.717) is 17.0 Å². The highest BCUT2D eigenvalue weighted by molar-refractivity contribution is 5.71. The van der Waals surface area contributed by atoms with Crippen LogP contribution in [0, 0.1) is 23.2 Å². The molecule has 30 heavy (non-hydrogen) atoms. The van der Waals surface area contributed by atoms with E-state index in [1.807, 2.05) is 48.5 Å². The number of hydrogen-bond donors (Lipinski definition) is 1. The molecule has 1 fully saturated rings. The van der Waals surface area contributed by atoms with Gasteiger partial charge < -0.3 is 14.8 Å². The highest BCUT2D eigenvalue weighted by atomic mass is 16.6. The first-order valence-electron chi connectivity index (χ1n) is 9.25. The minimum absolute atomic E-state index is 0.355. The van der Waals surface area contributed by atoms with Gasteiger partial charge in [0, 0.05) is 11.8 Å². The van der Waals surface area contributed by atoms with Crippen LogP contribution in [0.15, 0.2) is 66.9 Å². The smallest absolute Gasteiger partial charge is 0.408 e. The van der Waals surface area contributed by atoms with E-state index < -0.39 is 12.2 Å². The van der Waals surface area contributed by atoms with E-state index in [-0.39, 0.29) is 6.04 Å². The van der Waals surface area contributed by atoms with E-state index in [0.717, 1.165) is 16.7 Å². The number of benzene rings is 2. The molecule has 1 aliphatic rings. The minimum atomic E-state index is -0.482. The van der Waals surface area contributed by atoms with Gasteiger partial charge in [0.15, 0.2) is 6.10 Å². The molecule has 0 bridgehead atoms. The summed E-state index contributed by atoms with van der Waals surface area (Å²) in [6.07, 6.45) is 0.606. The van der Waals surface area contributed by atoms with Gasteiger partial charge in [0.2, 0.25) is 0 Å². The number of carbonyl (C=O) groups excluding carboxylic acids is 1. The fourth-order valence-corrected chi connectivity index (χ4v) is 3.27. The molecule has 4 rings (SSSR count). The van der Waals surface area contributed by atoms with Crippen LogP contribution in [-0.2, 0) is 4.74 Å². The number of ether oxygens (including phenoxy) is 2. The van der Waals surface area contributed by atoms with Gasteiger partial charge in [-0.05, 0) is 53.4 Å². The maximum atomic E-state index is 12.0. The summed E-state index contributed by atoms with van der Waals surface area (Å²) >= 11 is 0. The molecule has 0 aliphatic carbocycles. The molecule has 1 aromatic heterocycles.